The fourth-order valence-electron chi connectivity index (χ4n) is 13.1. The van der Waals surface area contributed by atoms with E-state index in [2.05, 4.69) is 0 Å². The molecule has 0 unspecified atom stereocenters. The first kappa shape index (κ1) is 65.8. The lowest BCUT2D eigenvalue weighted by Crippen LogP contribution is -2.25. The normalized spacial score (nSPS) is 16.3. The highest BCUT2D eigenvalue weighted by molar-refractivity contribution is 5.97. The van der Waals surface area contributed by atoms with Gasteiger partial charge in [0.2, 0.25) is 27.2 Å². The number of carboxylic acid groups (broad SMARTS) is 8. The first-order valence-corrected chi connectivity index (χ1v) is 30.6. The Bertz CT molecular complexity index is 4020. The highest BCUT2D eigenvalue weighted by Crippen LogP contribution is 2.57. The summed E-state index contributed by atoms with van der Waals surface area (Å²) in [6.07, 6.45) is 0. The Morgan fingerprint density at radius 3 is 0.530 bits per heavy atom. The molecule has 8 aromatic carbocycles. The van der Waals surface area contributed by atoms with Crippen LogP contribution in [0.4, 0.5) is 0 Å². The largest absolute Gasteiger partial charge is 0.489 e. The van der Waals surface area contributed by atoms with E-state index in [0.717, 1.165) is 72.8 Å². The topological polar surface area (TPSA) is 409 Å². The van der Waals surface area contributed by atoms with Crippen LogP contribution in [-0.2, 0) is 26.4 Å². The minimum atomic E-state index is -1.44. The second kappa shape index (κ2) is 25.9. The molecule has 8 bridgehead atoms. The minimum absolute atomic E-state index is 0.142. The van der Waals surface area contributed by atoms with Gasteiger partial charge in [-0.15, -0.1) is 0 Å². The van der Waals surface area contributed by atoms with Crippen LogP contribution in [0.1, 0.15) is 201 Å². The Morgan fingerprint density at radius 1 is 0.260 bits per heavy atom. The average Bonchev–Trinajstić information content (AvgIpc) is 0.728. The third kappa shape index (κ3) is 12.1. The molecular weight excluding hydrogens is 1310 g/mol. The van der Waals surface area contributed by atoms with Crippen LogP contribution in [-0.4, -0.2) is 116 Å². The Labute approximate surface area is 564 Å². The number of aromatic carboxylic acids is 8. The second-order valence-corrected chi connectivity index (χ2v) is 23.9. The quantitative estimate of drug-likeness (QED) is 0.0351. The van der Waals surface area contributed by atoms with Gasteiger partial charge in [0.15, 0.2) is 0 Å². The van der Waals surface area contributed by atoms with Gasteiger partial charge in [0.25, 0.3) is 0 Å². The monoisotopic (exact) mass is 1370 g/mol. The maximum absolute atomic E-state index is 12.4. The van der Waals surface area contributed by atoms with Crippen molar-refractivity contribution in [2.24, 2.45) is 0 Å². The fraction of sp³-hybridized carbons (Fsp3) is 0.222. The van der Waals surface area contributed by atoms with Crippen molar-refractivity contribution in [2.45, 2.75) is 77.8 Å². The Morgan fingerprint density at radius 2 is 0.400 bits per heavy atom. The average molecular weight is 1370 g/mol. The zero-order valence-corrected chi connectivity index (χ0v) is 52.9. The molecular formula is C72H56O28. The lowest BCUT2D eigenvalue weighted by Gasteiger charge is -2.36. The van der Waals surface area contributed by atoms with Gasteiger partial charge in [-0.05, 0) is 97.1 Å². The van der Waals surface area contributed by atoms with Crippen molar-refractivity contribution >= 4 is 47.8 Å². The van der Waals surface area contributed by atoms with Crippen molar-refractivity contribution in [3.05, 3.63) is 208 Å². The van der Waals surface area contributed by atoms with E-state index in [4.69, 9.17) is 56.8 Å². The van der Waals surface area contributed by atoms with Gasteiger partial charge in [0, 0.05) is 68.2 Å². The predicted molar refractivity (Wildman–Crippen MR) is 339 cm³/mol. The van der Waals surface area contributed by atoms with Crippen LogP contribution in [0.5, 0.6) is 69.0 Å². The molecule has 0 aromatic heterocycles. The number of hydrogen-bond acceptors (Lipinski definition) is 20. The van der Waals surface area contributed by atoms with Crippen molar-refractivity contribution in [1.82, 2.24) is 0 Å². The van der Waals surface area contributed by atoms with E-state index in [0.29, 0.717) is 44.5 Å². The molecule has 0 amide bonds. The van der Waals surface area contributed by atoms with E-state index in [9.17, 15) is 79.2 Å². The third-order valence-corrected chi connectivity index (χ3v) is 18.0. The predicted octanol–water partition coefficient (Wildman–Crippen LogP) is 11.4. The number of ether oxygens (including phenoxy) is 12. The molecule has 28 heteroatoms. The molecule has 13 rings (SSSR count). The number of rotatable bonds is 20. The Balaban J connectivity index is 1.09. The van der Waals surface area contributed by atoms with E-state index in [1.165, 1.54) is 0 Å². The summed E-state index contributed by atoms with van der Waals surface area (Å²) in [5.74, 6) is -14.4. The molecule has 28 nitrogen and oxygen atoms in total. The number of carbonyl (C=O) groups is 8. The minimum Gasteiger partial charge on any atom is -0.489 e. The van der Waals surface area contributed by atoms with Crippen LogP contribution in [0.3, 0.4) is 0 Å². The highest BCUT2D eigenvalue weighted by atomic mass is 16.7. The van der Waals surface area contributed by atoms with Crippen molar-refractivity contribution in [3.8, 4) is 69.0 Å². The number of hydrogen-bond donors (Lipinski definition) is 8. The van der Waals surface area contributed by atoms with Gasteiger partial charge in [-0.2, -0.15) is 0 Å². The Hall–Kier alpha value is -12.9. The van der Waals surface area contributed by atoms with Crippen LogP contribution in [0, 0.1) is 0 Å². The molecule has 0 saturated heterocycles. The molecule has 0 radical (unpaired) electrons. The molecule has 100 heavy (non-hydrogen) atoms. The molecule has 1 aliphatic carbocycles. The molecule has 4 heterocycles. The number of benzene rings is 8. The van der Waals surface area contributed by atoms with Gasteiger partial charge in [-0.3, -0.25) is 0 Å². The molecule has 8 aromatic rings. The van der Waals surface area contributed by atoms with E-state index in [1.807, 2.05) is 52.0 Å². The van der Waals surface area contributed by atoms with Gasteiger partial charge in [0.05, 0.1) is 66.8 Å². The molecule has 512 valence electrons. The fourth-order valence-corrected chi connectivity index (χ4v) is 13.1. The molecule has 0 spiro atoms. The lowest BCUT2D eigenvalue weighted by molar-refractivity contribution is 0.0675. The van der Waals surface area contributed by atoms with Crippen molar-refractivity contribution in [2.75, 3.05) is 27.2 Å². The van der Waals surface area contributed by atoms with Gasteiger partial charge < -0.3 is 97.7 Å². The van der Waals surface area contributed by atoms with Gasteiger partial charge in [-0.1, -0.05) is 27.7 Å². The molecule has 0 atom stereocenters. The van der Waals surface area contributed by atoms with Crippen LogP contribution in [0.15, 0.2) is 97.1 Å². The van der Waals surface area contributed by atoms with E-state index >= 15 is 0 Å². The maximum atomic E-state index is 12.4. The van der Waals surface area contributed by atoms with Crippen molar-refractivity contribution in [3.63, 3.8) is 0 Å². The summed E-state index contributed by atoms with van der Waals surface area (Å²) in [5, 5.41) is 80.8. The standard InChI is InChI=1S/C72H56O28/c1-29-45-17-47-30(2)49-19-51-32(4)52-20-50-31(3)48-18-46(29)58-54(22-90-42-11-35(67(77)78)6-36(12-42)68(79)80)60(48)96-27-98-62(50)56(24-92-44-15-39(71(85)86)8-40(16-44)72(87)88)64(52)100-28-99-63(51)55(23-91-43-13-37(69(81)82)7-38(14-43)70(83)84)61(49)97-26-95-59(47)53(57(45)93-25-94-58)21-89-41-9-33(65(73)74)5-34(10-41)66(75)76/h5-20,29-32H,21-28H2,1-4H3,(H,73,74)(H,75,76)(H,77,78)(H,79,80)(H,81,82)(H,83,84)(H,85,86)(H,87,88). The first-order chi connectivity index (χ1) is 47.8. The Kier molecular flexibility index (Phi) is 17.1. The SMILES string of the molecule is CC1c2cc3c4c(COc5cc(C(=O)O)cc(C(=O)O)c5)c2OCOc2c1cc1c(c2COc2cc(C(=O)O)cc(C(=O)O)c2)OCOc2c(cc5c(c2COc2cc(C(=O)O)cc(C(=O)O)c2)OCOc2c(cc(c(c2COc2cc(C(=O)O)cc(C(=O)O)c2)OCO4)C3C)C5C)C1C. The summed E-state index contributed by atoms with van der Waals surface area (Å²) in [5.41, 5.74) is 1.42. The van der Waals surface area contributed by atoms with Crippen LogP contribution < -0.4 is 56.8 Å². The van der Waals surface area contributed by atoms with Crippen LogP contribution in [0.2, 0.25) is 0 Å². The van der Waals surface area contributed by atoms with Crippen LogP contribution >= 0.6 is 0 Å². The van der Waals surface area contributed by atoms with Gasteiger partial charge in [0.1, 0.15) is 95.4 Å². The third-order valence-electron chi connectivity index (χ3n) is 18.0. The molecule has 5 aliphatic rings. The molecule has 0 saturated carbocycles. The summed E-state index contributed by atoms with van der Waals surface area (Å²) in [4.78, 5) is 99.3. The van der Waals surface area contributed by atoms with Crippen molar-refractivity contribution in [1.29, 1.82) is 0 Å². The summed E-state index contributed by atoms with van der Waals surface area (Å²) in [6.45, 7) is 3.15. The second-order valence-electron chi connectivity index (χ2n) is 23.9. The van der Waals surface area contributed by atoms with E-state index in [-0.39, 0.29) is 91.2 Å². The van der Waals surface area contributed by atoms with Crippen molar-refractivity contribution < 1.29 is 136 Å². The summed E-state index contributed by atoms with van der Waals surface area (Å²) < 4.78 is 79.2. The molecule has 4 aliphatic heterocycles. The van der Waals surface area contributed by atoms with E-state index < -0.39 is 170 Å². The number of carboxylic acids is 8. The first-order valence-electron chi connectivity index (χ1n) is 30.6. The summed E-state index contributed by atoms with van der Waals surface area (Å²) in [7, 11) is 0. The zero-order chi connectivity index (χ0) is 70.9. The highest BCUT2D eigenvalue weighted by Gasteiger charge is 2.40. The van der Waals surface area contributed by atoms with Gasteiger partial charge in [-0.25, -0.2) is 38.4 Å². The summed E-state index contributed by atoms with van der Waals surface area (Å²) in [6, 6.07) is 20.6. The maximum Gasteiger partial charge on any atom is 0.335 e. The smallest absolute Gasteiger partial charge is 0.335 e. The van der Waals surface area contributed by atoms with Gasteiger partial charge >= 0.3 is 47.8 Å². The molecule has 0 fully saturated rings. The lowest BCUT2D eigenvalue weighted by atomic mass is 9.78. The van der Waals surface area contributed by atoms with Crippen LogP contribution in [0.25, 0.3) is 0 Å². The molecule has 8 N–H and O–H groups in total. The summed E-state index contributed by atoms with van der Waals surface area (Å²) >= 11 is 0. The zero-order valence-electron chi connectivity index (χ0n) is 52.9. The van der Waals surface area contributed by atoms with E-state index in [1.54, 1.807) is 0 Å².